The number of hydrogen-bond donors (Lipinski definition) is 2. The lowest BCUT2D eigenvalue weighted by molar-refractivity contribution is -0.124. The third-order valence-electron chi connectivity index (χ3n) is 4.46. The Bertz CT molecular complexity index is 921. The molecular weight excluding hydrogens is 384 g/mol. The van der Waals surface area contributed by atoms with Crippen molar-refractivity contribution in [1.29, 1.82) is 0 Å². The quantitative estimate of drug-likeness (QED) is 0.532. The molecule has 1 aromatic heterocycles. The molecule has 8 heteroatoms. The van der Waals surface area contributed by atoms with Crippen LogP contribution in [0.25, 0.3) is 10.9 Å². The van der Waals surface area contributed by atoms with Crippen molar-refractivity contribution in [2.24, 2.45) is 11.0 Å². The van der Waals surface area contributed by atoms with Crippen molar-refractivity contribution in [1.82, 2.24) is 15.7 Å². The number of aromatic nitrogens is 1. The molecule has 2 aromatic rings. The SMILES string of the molecule is CCC(C)C(NC(=O)OC(C)(C)C)C(=O)NN=Cc1ccc2cc(OC)ccc2n1. The van der Waals surface area contributed by atoms with Gasteiger partial charge in [0.05, 0.1) is 24.5 Å². The van der Waals surface area contributed by atoms with Crippen LogP contribution in [0, 0.1) is 5.92 Å². The van der Waals surface area contributed by atoms with Crippen LogP contribution in [-0.4, -0.2) is 42.0 Å². The van der Waals surface area contributed by atoms with E-state index >= 15 is 0 Å². The summed E-state index contributed by atoms with van der Waals surface area (Å²) in [7, 11) is 1.61. The maximum Gasteiger partial charge on any atom is 0.408 e. The molecule has 0 fully saturated rings. The molecule has 0 radical (unpaired) electrons. The Balaban J connectivity index is 2.05. The first-order chi connectivity index (χ1) is 14.1. The molecule has 0 aliphatic rings. The first-order valence-electron chi connectivity index (χ1n) is 9.90. The second-order valence-corrected chi connectivity index (χ2v) is 8.04. The van der Waals surface area contributed by atoms with Gasteiger partial charge in [-0.25, -0.2) is 15.2 Å². The van der Waals surface area contributed by atoms with Crippen LogP contribution >= 0.6 is 0 Å². The van der Waals surface area contributed by atoms with E-state index in [-0.39, 0.29) is 5.92 Å². The van der Waals surface area contributed by atoms with Gasteiger partial charge >= 0.3 is 6.09 Å². The third kappa shape index (κ3) is 6.72. The van der Waals surface area contributed by atoms with Gasteiger partial charge in [-0.3, -0.25) is 4.79 Å². The van der Waals surface area contributed by atoms with Crippen molar-refractivity contribution in [3.05, 3.63) is 36.0 Å². The van der Waals surface area contributed by atoms with Crippen molar-refractivity contribution in [3.63, 3.8) is 0 Å². The molecule has 2 amide bonds. The molecule has 1 heterocycles. The molecule has 2 atom stereocenters. The topological polar surface area (TPSA) is 102 Å². The number of benzene rings is 1. The number of ether oxygens (including phenoxy) is 2. The minimum absolute atomic E-state index is 0.0958. The zero-order chi connectivity index (χ0) is 22.3. The number of methoxy groups -OCH3 is 1. The summed E-state index contributed by atoms with van der Waals surface area (Å²) < 4.78 is 10.5. The number of hydrogen-bond acceptors (Lipinski definition) is 6. The number of carbonyl (C=O) groups excluding carboxylic acids is 2. The largest absolute Gasteiger partial charge is 0.497 e. The summed E-state index contributed by atoms with van der Waals surface area (Å²) in [6.45, 7) is 9.12. The average molecular weight is 415 g/mol. The van der Waals surface area contributed by atoms with Gasteiger partial charge in [0, 0.05) is 5.39 Å². The van der Waals surface area contributed by atoms with Gasteiger partial charge in [-0.1, -0.05) is 26.3 Å². The molecule has 8 nitrogen and oxygen atoms in total. The highest BCUT2D eigenvalue weighted by Crippen LogP contribution is 2.19. The smallest absolute Gasteiger partial charge is 0.408 e. The van der Waals surface area contributed by atoms with Crippen LogP contribution < -0.4 is 15.5 Å². The molecule has 162 valence electrons. The van der Waals surface area contributed by atoms with Gasteiger partial charge < -0.3 is 14.8 Å². The van der Waals surface area contributed by atoms with Gasteiger partial charge in [-0.2, -0.15) is 5.10 Å². The van der Waals surface area contributed by atoms with E-state index < -0.39 is 23.6 Å². The van der Waals surface area contributed by atoms with Crippen LogP contribution in [0.2, 0.25) is 0 Å². The van der Waals surface area contributed by atoms with E-state index in [0.29, 0.717) is 12.1 Å². The summed E-state index contributed by atoms with van der Waals surface area (Å²) in [5, 5.41) is 7.57. The summed E-state index contributed by atoms with van der Waals surface area (Å²) in [5.74, 6) is 0.241. The summed E-state index contributed by atoms with van der Waals surface area (Å²) >= 11 is 0. The Kier molecular flexibility index (Phi) is 7.74. The molecule has 0 aliphatic carbocycles. The Labute approximate surface area is 177 Å². The van der Waals surface area contributed by atoms with Gasteiger partial charge in [0.15, 0.2) is 0 Å². The van der Waals surface area contributed by atoms with Crippen LogP contribution in [0.1, 0.15) is 46.7 Å². The fourth-order valence-electron chi connectivity index (χ4n) is 2.69. The van der Waals surface area contributed by atoms with Gasteiger partial charge in [0.1, 0.15) is 17.4 Å². The number of nitrogens with one attached hydrogen (secondary N) is 2. The maximum absolute atomic E-state index is 12.6. The predicted molar refractivity (Wildman–Crippen MR) is 117 cm³/mol. The first kappa shape index (κ1) is 23.1. The highest BCUT2D eigenvalue weighted by atomic mass is 16.6. The lowest BCUT2D eigenvalue weighted by Crippen LogP contribution is -2.50. The van der Waals surface area contributed by atoms with Gasteiger partial charge in [-0.15, -0.1) is 0 Å². The molecule has 0 spiro atoms. The van der Waals surface area contributed by atoms with Crippen molar-refractivity contribution in [2.75, 3.05) is 7.11 Å². The van der Waals surface area contributed by atoms with Crippen molar-refractivity contribution in [3.8, 4) is 5.75 Å². The number of alkyl carbamates (subject to hydrolysis) is 1. The molecular formula is C22H30N4O4. The number of carbonyl (C=O) groups is 2. The molecule has 2 N–H and O–H groups in total. The van der Waals surface area contributed by atoms with E-state index in [2.05, 4.69) is 20.8 Å². The average Bonchev–Trinajstić information content (AvgIpc) is 2.69. The summed E-state index contributed by atoms with van der Waals surface area (Å²) in [5.41, 5.74) is 3.21. The highest BCUT2D eigenvalue weighted by molar-refractivity contribution is 5.88. The van der Waals surface area contributed by atoms with E-state index in [0.717, 1.165) is 16.7 Å². The molecule has 30 heavy (non-hydrogen) atoms. The number of hydrazone groups is 1. The van der Waals surface area contributed by atoms with E-state index in [9.17, 15) is 9.59 Å². The standard InChI is InChI=1S/C22H30N4O4/c1-7-14(2)19(25-21(28)30-22(3,4)5)20(27)26-23-13-16-9-8-15-12-17(29-6)10-11-18(15)24-16/h8-14,19H,7H2,1-6H3,(H,25,28)(H,26,27). The predicted octanol–water partition coefficient (Wildman–Crippen LogP) is 3.63. The monoisotopic (exact) mass is 414 g/mol. The molecule has 0 bridgehead atoms. The molecule has 0 saturated heterocycles. The Morgan fingerprint density at radius 1 is 1.23 bits per heavy atom. The number of pyridine rings is 1. The number of rotatable bonds is 7. The maximum atomic E-state index is 12.6. The molecule has 1 aromatic carbocycles. The van der Waals surface area contributed by atoms with E-state index in [4.69, 9.17) is 9.47 Å². The van der Waals surface area contributed by atoms with Gasteiger partial charge in [-0.05, 0) is 51.0 Å². The van der Waals surface area contributed by atoms with Crippen molar-refractivity contribution < 1.29 is 19.1 Å². The van der Waals surface area contributed by atoms with E-state index in [1.54, 1.807) is 33.9 Å². The zero-order valence-electron chi connectivity index (χ0n) is 18.4. The number of nitrogens with zero attached hydrogens (tertiary/aromatic N) is 2. The fraction of sp³-hybridized carbons (Fsp3) is 0.455. The van der Waals surface area contributed by atoms with Crippen molar-refractivity contribution in [2.45, 2.75) is 52.7 Å². The first-order valence-corrected chi connectivity index (χ1v) is 9.90. The van der Waals surface area contributed by atoms with E-state index in [1.165, 1.54) is 6.21 Å². The number of amides is 2. The highest BCUT2D eigenvalue weighted by Gasteiger charge is 2.28. The van der Waals surface area contributed by atoms with Crippen LogP contribution in [0.3, 0.4) is 0 Å². The fourth-order valence-corrected chi connectivity index (χ4v) is 2.69. The Morgan fingerprint density at radius 3 is 2.60 bits per heavy atom. The second kappa shape index (κ2) is 10.0. The van der Waals surface area contributed by atoms with E-state index in [1.807, 2.05) is 38.1 Å². The minimum atomic E-state index is -0.765. The van der Waals surface area contributed by atoms with Crippen LogP contribution in [0.15, 0.2) is 35.4 Å². The zero-order valence-corrected chi connectivity index (χ0v) is 18.4. The Morgan fingerprint density at radius 2 is 1.97 bits per heavy atom. The lowest BCUT2D eigenvalue weighted by atomic mass is 9.99. The summed E-state index contributed by atoms with van der Waals surface area (Å²) in [6.07, 6.45) is 1.52. The van der Waals surface area contributed by atoms with Crippen LogP contribution in [0.4, 0.5) is 4.79 Å². The number of fused-ring (bicyclic) bond motifs is 1. The third-order valence-corrected chi connectivity index (χ3v) is 4.46. The molecule has 0 aliphatic heterocycles. The van der Waals surface area contributed by atoms with Crippen LogP contribution in [-0.2, 0) is 9.53 Å². The van der Waals surface area contributed by atoms with Crippen LogP contribution in [0.5, 0.6) is 5.75 Å². The second-order valence-electron chi connectivity index (χ2n) is 8.04. The summed E-state index contributed by atoms with van der Waals surface area (Å²) in [4.78, 5) is 29.2. The lowest BCUT2D eigenvalue weighted by Gasteiger charge is -2.25. The normalized spacial score (nSPS) is 13.7. The summed E-state index contributed by atoms with van der Waals surface area (Å²) in [6, 6.07) is 8.51. The molecule has 0 saturated carbocycles. The molecule has 2 unspecified atom stereocenters. The van der Waals surface area contributed by atoms with Crippen molar-refractivity contribution >= 4 is 29.1 Å². The van der Waals surface area contributed by atoms with Gasteiger partial charge in [0.25, 0.3) is 5.91 Å². The van der Waals surface area contributed by atoms with Gasteiger partial charge in [0.2, 0.25) is 0 Å². The minimum Gasteiger partial charge on any atom is -0.497 e. The molecule has 2 rings (SSSR count). The Hall–Kier alpha value is -3.16.